The monoisotopic (exact) mass is 385 g/mol. The van der Waals surface area contributed by atoms with Crippen molar-refractivity contribution in [2.45, 2.75) is 36.1 Å². The van der Waals surface area contributed by atoms with Crippen LogP contribution in [0.1, 0.15) is 41.9 Å². The Morgan fingerprint density at radius 3 is 2.56 bits per heavy atom. The lowest BCUT2D eigenvalue weighted by Gasteiger charge is -2.08. The van der Waals surface area contributed by atoms with E-state index in [1.54, 1.807) is 6.92 Å². The van der Waals surface area contributed by atoms with Crippen molar-refractivity contribution in [3.05, 3.63) is 71.6 Å². The maximum absolute atomic E-state index is 13.4. The van der Waals surface area contributed by atoms with Crippen LogP contribution >= 0.6 is 11.8 Å². The lowest BCUT2D eigenvalue weighted by molar-refractivity contribution is 0.0993. The fraction of sp³-hybridized carbons (Fsp3) is 0.250. The number of thioether (sulfide) groups is 1. The quantitative estimate of drug-likeness (QED) is 0.452. The van der Waals surface area contributed by atoms with Crippen molar-refractivity contribution < 1.29 is 13.6 Å². The average Bonchev–Trinajstić information content (AvgIpc) is 3.44. The molecule has 1 heterocycles. The van der Waals surface area contributed by atoms with E-state index in [0.717, 1.165) is 36.5 Å². The zero-order valence-corrected chi connectivity index (χ0v) is 15.4. The summed E-state index contributed by atoms with van der Waals surface area (Å²) in [5.41, 5.74) is 1.07. The molecule has 7 heteroatoms. The van der Waals surface area contributed by atoms with E-state index in [0.29, 0.717) is 11.1 Å². The van der Waals surface area contributed by atoms with Gasteiger partial charge in [-0.2, -0.15) is 0 Å². The Balaban J connectivity index is 1.57. The number of nitrogens with zero attached hydrogens (tertiary/aromatic N) is 3. The molecule has 0 N–H and O–H groups in total. The largest absolute Gasteiger partial charge is 0.293 e. The summed E-state index contributed by atoms with van der Waals surface area (Å²) in [6.07, 6.45) is 2.16. The van der Waals surface area contributed by atoms with Crippen molar-refractivity contribution in [2.24, 2.45) is 0 Å². The summed E-state index contributed by atoms with van der Waals surface area (Å²) < 4.78 is 28.3. The predicted octanol–water partition coefficient (Wildman–Crippen LogP) is 4.79. The van der Waals surface area contributed by atoms with Gasteiger partial charge < -0.3 is 0 Å². The number of carbonyl (C=O) groups is 1. The van der Waals surface area contributed by atoms with Crippen molar-refractivity contribution in [1.82, 2.24) is 14.8 Å². The third kappa shape index (κ3) is 3.78. The smallest absolute Gasteiger partial charge is 0.209 e. The molecule has 0 saturated heterocycles. The van der Waals surface area contributed by atoms with Crippen LogP contribution in [0.25, 0.3) is 5.69 Å². The molecule has 138 valence electrons. The fourth-order valence-corrected chi connectivity index (χ4v) is 3.65. The summed E-state index contributed by atoms with van der Waals surface area (Å²) in [4.78, 5) is 17.2. The minimum absolute atomic E-state index is 0.138. The van der Waals surface area contributed by atoms with Crippen molar-refractivity contribution in [2.75, 3.05) is 0 Å². The number of rotatable bonds is 6. The Morgan fingerprint density at radius 1 is 1.15 bits per heavy atom. The van der Waals surface area contributed by atoms with Crippen molar-refractivity contribution in [3.63, 3.8) is 0 Å². The summed E-state index contributed by atoms with van der Waals surface area (Å²) in [5.74, 6) is -0.992. The first-order chi connectivity index (χ1) is 13.0. The van der Waals surface area contributed by atoms with Crippen LogP contribution in [0.4, 0.5) is 8.78 Å². The fourth-order valence-electron chi connectivity index (χ4n) is 2.82. The van der Waals surface area contributed by atoms with Gasteiger partial charge >= 0.3 is 0 Å². The molecular formula is C20H17F2N3OS. The molecule has 1 fully saturated rings. The first kappa shape index (κ1) is 17.9. The lowest BCUT2D eigenvalue weighted by Crippen LogP contribution is -2.14. The average molecular weight is 385 g/mol. The number of para-hydroxylation sites is 1. The minimum atomic E-state index is -1.03. The summed E-state index contributed by atoms with van der Waals surface area (Å²) in [6.45, 7) is 1.72. The molecule has 1 aliphatic carbocycles. The summed E-state index contributed by atoms with van der Waals surface area (Å²) in [7, 11) is 0. The topological polar surface area (TPSA) is 47.8 Å². The SMILES string of the molecule is C[C@H](Sc1nc(C2CC2)n(-c2ccccc2)n1)C(=O)c1ccc(F)c(F)c1. The highest BCUT2D eigenvalue weighted by Crippen LogP contribution is 2.40. The number of hydrogen-bond donors (Lipinski definition) is 0. The molecule has 1 atom stereocenters. The standard InChI is InChI=1S/C20H17F2N3OS/c1-12(18(26)14-9-10-16(21)17(22)11-14)27-20-23-19(13-7-8-13)25(24-20)15-5-3-2-4-6-15/h2-6,9-13H,7-8H2,1H3/t12-/m0/s1. The molecule has 4 rings (SSSR count). The highest BCUT2D eigenvalue weighted by atomic mass is 32.2. The minimum Gasteiger partial charge on any atom is -0.293 e. The van der Waals surface area contributed by atoms with Gasteiger partial charge in [0.2, 0.25) is 5.16 Å². The Hall–Kier alpha value is -2.54. The molecule has 1 saturated carbocycles. The molecule has 0 amide bonds. The highest BCUT2D eigenvalue weighted by Gasteiger charge is 2.31. The van der Waals surface area contributed by atoms with E-state index in [2.05, 4.69) is 10.1 Å². The lowest BCUT2D eigenvalue weighted by atomic mass is 10.1. The van der Waals surface area contributed by atoms with E-state index in [1.165, 1.54) is 17.8 Å². The number of Topliss-reactive ketones (excluding diaryl/α,β-unsaturated/α-hetero) is 1. The highest BCUT2D eigenvalue weighted by molar-refractivity contribution is 8.00. The molecule has 0 bridgehead atoms. The van der Waals surface area contributed by atoms with Crippen LogP contribution in [-0.4, -0.2) is 25.8 Å². The van der Waals surface area contributed by atoms with Gasteiger partial charge in [-0.3, -0.25) is 4.79 Å². The van der Waals surface area contributed by atoms with Crippen LogP contribution in [0.15, 0.2) is 53.7 Å². The van der Waals surface area contributed by atoms with Gasteiger partial charge in [0, 0.05) is 11.5 Å². The van der Waals surface area contributed by atoms with Gasteiger partial charge in [0.15, 0.2) is 17.4 Å². The van der Waals surface area contributed by atoms with Crippen LogP contribution in [-0.2, 0) is 0 Å². The van der Waals surface area contributed by atoms with E-state index in [4.69, 9.17) is 0 Å². The third-order valence-electron chi connectivity index (χ3n) is 4.41. The van der Waals surface area contributed by atoms with Gasteiger partial charge in [-0.05, 0) is 50.1 Å². The number of aromatic nitrogens is 3. The number of hydrogen-bond acceptors (Lipinski definition) is 4. The van der Waals surface area contributed by atoms with Gasteiger partial charge in [-0.1, -0.05) is 30.0 Å². The molecule has 3 aromatic rings. The van der Waals surface area contributed by atoms with Gasteiger partial charge in [0.25, 0.3) is 0 Å². The molecule has 0 aliphatic heterocycles. The van der Waals surface area contributed by atoms with E-state index >= 15 is 0 Å². The van der Waals surface area contributed by atoms with Gasteiger partial charge in [-0.25, -0.2) is 18.4 Å². The van der Waals surface area contributed by atoms with Crippen LogP contribution in [0.2, 0.25) is 0 Å². The second-order valence-electron chi connectivity index (χ2n) is 6.53. The van der Waals surface area contributed by atoms with Gasteiger partial charge in [0.1, 0.15) is 5.82 Å². The molecule has 1 aliphatic rings. The normalized spacial score (nSPS) is 14.9. The van der Waals surface area contributed by atoms with E-state index in [1.807, 2.05) is 35.0 Å². The Kier molecular flexibility index (Phi) is 4.78. The van der Waals surface area contributed by atoms with Crippen molar-refractivity contribution in [1.29, 1.82) is 0 Å². The molecule has 2 aromatic carbocycles. The zero-order valence-electron chi connectivity index (χ0n) is 14.6. The molecule has 27 heavy (non-hydrogen) atoms. The van der Waals surface area contributed by atoms with E-state index < -0.39 is 16.9 Å². The number of halogens is 2. The first-order valence-corrected chi connectivity index (χ1v) is 9.59. The summed E-state index contributed by atoms with van der Waals surface area (Å²) in [5, 5.41) is 4.56. The van der Waals surface area contributed by atoms with Crippen LogP contribution in [0.3, 0.4) is 0 Å². The van der Waals surface area contributed by atoms with Crippen LogP contribution in [0, 0.1) is 11.6 Å². The second kappa shape index (κ2) is 7.23. The summed E-state index contributed by atoms with van der Waals surface area (Å²) >= 11 is 1.22. The Labute approximate surface area is 159 Å². The number of benzene rings is 2. The Bertz CT molecular complexity index is 986. The first-order valence-electron chi connectivity index (χ1n) is 8.71. The van der Waals surface area contributed by atoms with Gasteiger partial charge in [0.05, 0.1) is 10.9 Å². The molecule has 0 radical (unpaired) electrons. The molecule has 0 unspecified atom stereocenters. The van der Waals surface area contributed by atoms with Crippen LogP contribution < -0.4 is 0 Å². The maximum atomic E-state index is 13.4. The molecule has 1 aromatic heterocycles. The molecule has 0 spiro atoms. The van der Waals surface area contributed by atoms with Crippen molar-refractivity contribution >= 4 is 17.5 Å². The zero-order chi connectivity index (χ0) is 19.0. The molecule has 4 nitrogen and oxygen atoms in total. The number of ketones is 1. The second-order valence-corrected chi connectivity index (χ2v) is 7.84. The maximum Gasteiger partial charge on any atom is 0.209 e. The molecular weight excluding hydrogens is 368 g/mol. The van der Waals surface area contributed by atoms with E-state index in [9.17, 15) is 13.6 Å². The van der Waals surface area contributed by atoms with Crippen molar-refractivity contribution in [3.8, 4) is 5.69 Å². The number of carbonyl (C=O) groups excluding carboxylic acids is 1. The third-order valence-corrected chi connectivity index (χ3v) is 5.36. The van der Waals surface area contributed by atoms with Crippen LogP contribution in [0.5, 0.6) is 0 Å². The predicted molar refractivity (Wildman–Crippen MR) is 99.3 cm³/mol. The van der Waals surface area contributed by atoms with E-state index in [-0.39, 0.29) is 11.3 Å². The summed E-state index contributed by atoms with van der Waals surface area (Å²) in [6, 6.07) is 12.9. The Morgan fingerprint density at radius 2 is 1.89 bits per heavy atom. The van der Waals surface area contributed by atoms with Gasteiger partial charge in [-0.15, -0.1) is 5.10 Å².